The number of esters is 2. The lowest BCUT2D eigenvalue weighted by atomic mass is 10.1. The number of hydrogen-bond acceptors (Lipinski definition) is 4. The van der Waals surface area contributed by atoms with E-state index >= 15 is 0 Å². The molecule has 0 aliphatic heterocycles. The van der Waals surface area contributed by atoms with E-state index in [9.17, 15) is 9.59 Å². The average Bonchev–Trinajstić information content (AvgIpc) is 2.45. The molecule has 0 aromatic heterocycles. The summed E-state index contributed by atoms with van der Waals surface area (Å²) in [4.78, 5) is 22.7. The summed E-state index contributed by atoms with van der Waals surface area (Å²) in [5.74, 6) is -0.308. The number of halogens is 4. The summed E-state index contributed by atoms with van der Waals surface area (Å²) in [6.07, 6.45) is 6.16. The Morgan fingerprint density at radius 1 is 0.773 bits per heavy atom. The van der Waals surface area contributed by atoms with Gasteiger partial charge in [0, 0.05) is 5.88 Å². The highest BCUT2D eigenvalue weighted by atomic mass is 35.6. The van der Waals surface area contributed by atoms with Crippen molar-refractivity contribution < 1.29 is 19.1 Å². The molecule has 0 amide bonds. The van der Waals surface area contributed by atoms with Crippen molar-refractivity contribution in [2.24, 2.45) is 0 Å². The maximum atomic E-state index is 11.4. The van der Waals surface area contributed by atoms with Crippen molar-refractivity contribution in [3.05, 3.63) is 0 Å². The molecular weight excluding hydrogens is 374 g/mol. The van der Waals surface area contributed by atoms with Crippen LogP contribution in [0.25, 0.3) is 0 Å². The number of ether oxygens (including phenoxy) is 2. The van der Waals surface area contributed by atoms with Crippen LogP contribution in [0.3, 0.4) is 0 Å². The van der Waals surface area contributed by atoms with Gasteiger partial charge >= 0.3 is 11.9 Å². The van der Waals surface area contributed by atoms with Gasteiger partial charge in [-0.05, 0) is 12.8 Å². The quantitative estimate of drug-likeness (QED) is 0.270. The van der Waals surface area contributed by atoms with Gasteiger partial charge in [0.1, 0.15) is 6.61 Å². The zero-order valence-electron chi connectivity index (χ0n) is 12.4. The SMILES string of the molecule is O=C(CCC(=O)OCC(Cl)(Cl)Cl)OCCCCCCCCCl. The lowest BCUT2D eigenvalue weighted by Gasteiger charge is -2.11. The van der Waals surface area contributed by atoms with Crippen molar-refractivity contribution in [2.75, 3.05) is 19.1 Å². The molecular formula is C14H22Cl4O4. The third-order valence-electron chi connectivity index (χ3n) is 2.72. The molecule has 0 bridgehead atoms. The van der Waals surface area contributed by atoms with Gasteiger partial charge in [-0.1, -0.05) is 60.5 Å². The monoisotopic (exact) mass is 394 g/mol. The van der Waals surface area contributed by atoms with Crippen molar-refractivity contribution in [2.45, 2.75) is 55.2 Å². The Kier molecular flexibility index (Phi) is 13.6. The van der Waals surface area contributed by atoms with Crippen LogP contribution in [0.1, 0.15) is 51.4 Å². The van der Waals surface area contributed by atoms with Crippen molar-refractivity contribution >= 4 is 58.3 Å². The predicted octanol–water partition coefficient (Wildman–Crippen LogP) is 4.80. The maximum Gasteiger partial charge on any atom is 0.306 e. The fourth-order valence-electron chi connectivity index (χ4n) is 1.60. The van der Waals surface area contributed by atoms with E-state index in [1.54, 1.807) is 0 Å². The van der Waals surface area contributed by atoms with Crippen molar-refractivity contribution in [1.29, 1.82) is 0 Å². The van der Waals surface area contributed by atoms with E-state index < -0.39 is 15.7 Å². The molecule has 0 fully saturated rings. The highest BCUT2D eigenvalue weighted by Crippen LogP contribution is 2.26. The van der Waals surface area contributed by atoms with Crippen LogP contribution in [-0.4, -0.2) is 34.8 Å². The molecule has 0 N–H and O–H groups in total. The minimum Gasteiger partial charge on any atom is -0.466 e. The molecule has 22 heavy (non-hydrogen) atoms. The van der Waals surface area contributed by atoms with Gasteiger partial charge in [0.15, 0.2) is 0 Å². The number of carbonyl (C=O) groups is 2. The Morgan fingerprint density at radius 2 is 1.27 bits per heavy atom. The third-order valence-corrected chi connectivity index (χ3v) is 3.32. The van der Waals surface area contributed by atoms with Gasteiger partial charge in [0.05, 0.1) is 19.4 Å². The molecule has 0 aliphatic rings. The number of alkyl halides is 4. The molecule has 0 spiro atoms. The first-order valence-electron chi connectivity index (χ1n) is 7.29. The zero-order chi connectivity index (χ0) is 16.8. The van der Waals surface area contributed by atoms with Crippen LogP contribution < -0.4 is 0 Å². The molecule has 0 saturated carbocycles. The second kappa shape index (κ2) is 13.5. The van der Waals surface area contributed by atoms with E-state index in [-0.39, 0.29) is 19.4 Å². The van der Waals surface area contributed by atoms with Gasteiger partial charge < -0.3 is 9.47 Å². The molecule has 0 radical (unpaired) electrons. The molecule has 0 atom stereocenters. The van der Waals surface area contributed by atoms with E-state index in [1.165, 1.54) is 0 Å². The van der Waals surface area contributed by atoms with E-state index in [0.717, 1.165) is 38.5 Å². The predicted molar refractivity (Wildman–Crippen MR) is 89.9 cm³/mol. The molecule has 0 aromatic rings. The largest absolute Gasteiger partial charge is 0.466 e. The van der Waals surface area contributed by atoms with Crippen LogP contribution in [-0.2, 0) is 19.1 Å². The Balaban J connectivity index is 3.44. The molecule has 0 aromatic carbocycles. The highest BCUT2D eigenvalue weighted by molar-refractivity contribution is 6.67. The molecule has 130 valence electrons. The molecule has 4 nitrogen and oxygen atoms in total. The van der Waals surface area contributed by atoms with Crippen LogP contribution in [0, 0.1) is 0 Å². The van der Waals surface area contributed by atoms with E-state index in [4.69, 9.17) is 55.9 Å². The maximum absolute atomic E-state index is 11.4. The summed E-state index contributed by atoms with van der Waals surface area (Å²) in [5, 5.41) is 0. The lowest BCUT2D eigenvalue weighted by molar-refractivity contribution is -0.150. The summed E-state index contributed by atoms with van der Waals surface area (Å²) in [7, 11) is 0. The second-order valence-corrected chi connectivity index (χ2v) is 7.70. The first kappa shape index (κ1) is 22.1. The van der Waals surface area contributed by atoms with Gasteiger partial charge in [-0.25, -0.2) is 0 Å². The smallest absolute Gasteiger partial charge is 0.306 e. The highest BCUT2D eigenvalue weighted by Gasteiger charge is 2.22. The Bertz CT molecular complexity index is 318. The van der Waals surface area contributed by atoms with E-state index in [1.807, 2.05) is 0 Å². The van der Waals surface area contributed by atoms with Gasteiger partial charge in [-0.3, -0.25) is 9.59 Å². The fourth-order valence-corrected chi connectivity index (χ4v) is 1.95. The van der Waals surface area contributed by atoms with Crippen LogP contribution >= 0.6 is 46.4 Å². The first-order chi connectivity index (χ1) is 10.3. The van der Waals surface area contributed by atoms with Gasteiger partial charge in [-0.2, -0.15) is 0 Å². The molecule has 0 heterocycles. The van der Waals surface area contributed by atoms with Gasteiger partial charge in [0.25, 0.3) is 0 Å². The van der Waals surface area contributed by atoms with Crippen LogP contribution in [0.2, 0.25) is 0 Å². The minimum absolute atomic E-state index is 0.0333. The van der Waals surface area contributed by atoms with Crippen molar-refractivity contribution in [3.8, 4) is 0 Å². The molecule has 0 saturated heterocycles. The van der Waals surface area contributed by atoms with E-state index in [0.29, 0.717) is 12.5 Å². The lowest BCUT2D eigenvalue weighted by Crippen LogP contribution is -2.18. The standard InChI is InChI=1S/C14H22Cl4O4/c15-9-5-3-1-2-4-6-10-21-12(19)7-8-13(20)22-11-14(16,17)18/h1-11H2. The summed E-state index contributed by atoms with van der Waals surface area (Å²) in [6, 6.07) is 0. The normalized spacial score (nSPS) is 11.3. The van der Waals surface area contributed by atoms with Crippen LogP contribution in [0.5, 0.6) is 0 Å². The molecule has 0 aliphatic carbocycles. The Morgan fingerprint density at radius 3 is 1.82 bits per heavy atom. The molecule has 0 rings (SSSR count). The fraction of sp³-hybridized carbons (Fsp3) is 0.857. The number of rotatable bonds is 12. The zero-order valence-corrected chi connectivity index (χ0v) is 15.4. The minimum atomic E-state index is -1.64. The van der Waals surface area contributed by atoms with Gasteiger partial charge in [0.2, 0.25) is 3.79 Å². The van der Waals surface area contributed by atoms with Crippen LogP contribution in [0.15, 0.2) is 0 Å². The summed E-state index contributed by atoms with van der Waals surface area (Å²) in [5.41, 5.74) is 0. The average molecular weight is 396 g/mol. The topological polar surface area (TPSA) is 52.6 Å². The Labute approximate surface area is 151 Å². The first-order valence-corrected chi connectivity index (χ1v) is 8.96. The van der Waals surface area contributed by atoms with Crippen LogP contribution in [0.4, 0.5) is 0 Å². The molecule has 0 unspecified atom stereocenters. The molecule has 8 heteroatoms. The summed E-state index contributed by atoms with van der Waals surface area (Å²) in [6.45, 7) is 0.0345. The summed E-state index contributed by atoms with van der Waals surface area (Å²) >= 11 is 21.9. The second-order valence-electron chi connectivity index (χ2n) is 4.81. The third kappa shape index (κ3) is 16.5. The van der Waals surface area contributed by atoms with Gasteiger partial charge in [-0.15, -0.1) is 11.6 Å². The van der Waals surface area contributed by atoms with Crippen molar-refractivity contribution in [1.82, 2.24) is 0 Å². The number of hydrogen-bond donors (Lipinski definition) is 0. The Hall–Kier alpha value is 0.1000. The number of carbonyl (C=O) groups excluding carboxylic acids is 2. The number of unbranched alkanes of at least 4 members (excludes halogenated alkanes) is 5. The van der Waals surface area contributed by atoms with E-state index in [2.05, 4.69) is 0 Å². The van der Waals surface area contributed by atoms with Crippen molar-refractivity contribution in [3.63, 3.8) is 0 Å². The summed E-state index contributed by atoms with van der Waals surface area (Å²) < 4.78 is 8.08.